The summed E-state index contributed by atoms with van der Waals surface area (Å²) in [5.41, 5.74) is 2.67. The van der Waals surface area contributed by atoms with Crippen molar-refractivity contribution >= 4 is 11.4 Å². The highest BCUT2D eigenvalue weighted by Gasteiger charge is 2.31. The quantitative estimate of drug-likeness (QED) is 0.762. The molecule has 0 aliphatic carbocycles. The molecule has 1 aromatic rings. The van der Waals surface area contributed by atoms with Crippen molar-refractivity contribution in [3.8, 4) is 0 Å². The molecule has 0 spiro atoms. The number of likely N-dealkylation sites (N-methyl/N-ethyl adjacent to an activating group) is 2. The molecule has 2 rings (SSSR count). The molecule has 0 bridgehead atoms. The lowest BCUT2D eigenvalue weighted by Gasteiger charge is -2.41. The van der Waals surface area contributed by atoms with Crippen molar-refractivity contribution in [3.63, 3.8) is 0 Å². The fourth-order valence-corrected chi connectivity index (χ4v) is 2.40. The van der Waals surface area contributed by atoms with Crippen LogP contribution in [0.1, 0.15) is 0 Å². The Kier molecular flexibility index (Phi) is 3.17. The van der Waals surface area contributed by atoms with E-state index in [1.54, 1.807) is 0 Å². The Labute approximate surface area is 98.3 Å². The van der Waals surface area contributed by atoms with Crippen molar-refractivity contribution in [2.24, 2.45) is 0 Å². The van der Waals surface area contributed by atoms with E-state index in [1.165, 1.54) is 37.6 Å². The first-order chi connectivity index (χ1) is 7.65. The van der Waals surface area contributed by atoms with Crippen LogP contribution in [0, 0.1) is 0 Å². The normalized spacial score (nSPS) is 20.7. The number of anilines is 1. The second kappa shape index (κ2) is 4.44. The summed E-state index contributed by atoms with van der Waals surface area (Å²) in [5, 5.41) is 3.30. The summed E-state index contributed by atoms with van der Waals surface area (Å²) in [6, 6.07) is 8.64. The second-order valence-electron chi connectivity index (χ2n) is 4.91. The lowest BCUT2D eigenvalue weighted by atomic mass is 10.1. The van der Waals surface area contributed by atoms with Crippen molar-refractivity contribution in [1.29, 1.82) is 0 Å². The van der Waals surface area contributed by atoms with Gasteiger partial charge in [-0.1, -0.05) is 12.1 Å². The molecule has 1 aromatic carbocycles. The molecule has 1 aliphatic rings. The summed E-state index contributed by atoms with van der Waals surface area (Å²) in [4.78, 5) is 2.40. The standard InChI is InChI=1S/C13H22N3/c1-14-12-6-4-5-7-13(12)16(3)10-8-15(2)9-11-16/h4-7,14H,8-11H2,1-3H3/q+1. The zero-order chi connectivity index (χ0) is 11.6. The molecule has 0 saturated carbocycles. The molecule has 0 aromatic heterocycles. The molecule has 0 atom stereocenters. The average Bonchev–Trinajstić information content (AvgIpc) is 2.33. The number of para-hydroxylation sites is 2. The average molecular weight is 220 g/mol. The first kappa shape index (κ1) is 11.4. The van der Waals surface area contributed by atoms with E-state index in [2.05, 4.69) is 48.6 Å². The predicted molar refractivity (Wildman–Crippen MR) is 70.9 cm³/mol. The largest absolute Gasteiger partial charge is 0.383 e. The maximum absolute atomic E-state index is 3.30. The zero-order valence-electron chi connectivity index (χ0n) is 10.5. The van der Waals surface area contributed by atoms with Crippen LogP contribution in [-0.2, 0) is 0 Å². The number of nitrogens with zero attached hydrogens (tertiary/aromatic N) is 2. The van der Waals surface area contributed by atoms with Gasteiger partial charge in [-0.15, -0.1) is 0 Å². The van der Waals surface area contributed by atoms with Crippen molar-refractivity contribution in [2.75, 3.05) is 52.6 Å². The molecule has 3 nitrogen and oxygen atoms in total. The Morgan fingerprint density at radius 3 is 2.44 bits per heavy atom. The molecule has 1 fully saturated rings. The van der Waals surface area contributed by atoms with Crippen LogP contribution in [0.3, 0.4) is 0 Å². The van der Waals surface area contributed by atoms with Crippen LogP contribution in [-0.4, -0.2) is 52.2 Å². The second-order valence-corrected chi connectivity index (χ2v) is 4.91. The van der Waals surface area contributed by atoms with Crippen LogP contribution in [0.4, 0.5) is 11.4 Å². The molecule has 16 heavy (non-hydrogen) atoms. The number of hydrogen-bond donors (Lipinski definition) is 1. The van der Waals surface area contributed by atoms with E-state index >= 15 is 0 Å². The monoisotopic (exact) mass is 220 g/mol. The maximum atomic E-state index is 3.30. The van der Waals surface area contributed by atoms with E-state index < -0.39 is 0 Å². The van der Waals surface area contributed by atoms with E-state index in [0.717, 1.165) is 4.48 Å². The molecule has 0 amide bonds. The van der Waals surface area contributed by atoms with Crippen LogP contribution in [0.25, 0.3) is 0 Å². The highest BCUT2D eigenvalue weighted by Crippen LogP contribution is 2.30. The molecule has 1 N–H and O–H groups in total. The van der Waals surface area contributed by atoms with Gasteiger partial charge in [0.05, 0.1) is 25.8 Å². The topological polar surface area (TPSA) is 15.3 Å². The summed E-state index contributed by atoms with van der Waals surface area (Å²) in [6.45, 7) is 4.73. The van der Waals surface area contributed by atoms with E-state index in [-0.39, 0.29) is 0 Å². The van der Waals surface area contributed by atoms with Gasteiger partial charge in [-0.3, -0.25) is 9.38 Å². The summed E-state index contributed by atoms with van der Waals surface area (Å²) in [6.07, 6.45) is 0. The minimum atomic E-state index is 1.04. The molecular weight excluding hydrogens is 198 g/mol. The van der Waals surface area contributed by atoms with Crippen LogP contribution < -0.4 is 9.80 Å². The highest BCUT2D eigenvalue weighted by molar-refractivity contribution is 5.67. The minimum Gasteiger partial charge on any atom is -0.383 e. The van der Waals surface area contributed by atoms with Crippen LogP contribution >= 0.6 is 0 Å². The van der Waals surface area contributed by atoms with Crippen LogP contribution in [0.2, 0.25) is 0 Å². The number of hydrogen-bond acceptors (Lipinski definition) is 2. The van der Waals surface area contributed by atoms with Crippen molar-refractivity contribution in [3.05, 3.63) is 24.3 Å². The fourth-order valence-electron chi connectivity index (χ4n) is 2.40. The molecule has 1 heterocycles. The molecular formula is C13H22N3+. The van der Waals surface area contributed by atoms with E-state index in [1.807, 2.05) is 7.05 Å². The van der Waals surface area contributed by atoms with Gasteiger partial charge in [0.1, 0.15) is 0 Å². The Morgan fingerprint density at radius 2 is 1.81 bits per heavy atom. The molecule has 1 aliphatic heterocycles. The Balaban J connectivity index is 2.28. The van der Waals surface area contributed by atoms with Gasteiger partial charge in [0.2, 0.25) is 0 Å². The summed E-state index contributed by atoms with van der Waals surface area (Å²) >= 11 is 0. The van der Waals surface area contributed by atoms with Gasteiger partial charge in [-0.05, 0) is 13.1 Å². The summed E-state index contributed by atoms with van der Waals surface area (Å²) in [7, 11) is 6.54. The van der Waals surface area contributed by atoms with Gasteiger partial charge in [0.15, 0.2) is 5.69 Å². The third-order valence-electron chi connectivity index (χ3n) is 3.71. The molecule has 3 heteroatoms. The zero-order valence-corrected chi connectivity index (χ0v) is 10.5. The van der Waals surface area contributed by atoms with E-state index in [0.29, 0.717) is 0 Å². The number of quaternary nitrogens is 1. The van der Waals surface area contributed by atoms with Crippen LogP contribution in [0.15, 0.2) is 24.3 Å². The SMILES string of the molecule is CNc1ccccc1[N+]1(C)CCN(C)CC1. The number of nitrogens with one attached hydrogen (secondary N) is 1. The van der Waals surface area contributed by atoms with Gasteiger partial charge >= 0.3 is 0 Å². The van der Waals surface area contributed by atoms with E-state index in [4.69, 9.17) is 0 Å². The number of rotatable bonds is 2. The summed E-state index contributed by atoms with van der Waals surface area (Å²) in [5.74, 6) is 0. The third-order valence-corrected chi connectivity index (χ3v) is 3.71. The molecule has 0 radical (unpaired) electrons. The van der Waals surface area contributed by atoms with Crippen molar-refractivity contribution < 1.29 is 0 Å². The van der Waals surface area contributed by atoms with Gasteiger partial charge in [0, 0.05) is 26.2 Å². The summed E-state index contributed by atoms with van der Waals surface area (Å²) < 4.78 is 1.04. The molecule has 88 valence electrons. The Bertz CT molecular complexity index is 354. The molecule has 0 unspecified atom stereocenters. The van der Waals surface area contributed by atoms with Gasteiger partial charge in [-0.2, -0.15) is 0 Å². The highest BCUT2D eigenvalue weighted by atomic mass is 15.4. The molecule has 1 saturated heterocycles. The van der Waals surface area contributed by atoms with E-state index in [9.17, 15) is 0 Å². The third kappa shape index (κ3) is 2.06. The Morgan fingerprint density at radius 1 is 1.19 bits per heavy atom. The maximum Gasteiger partial charge on any atom is 0.156 e. The van der Waals surface area contributed by atoms with Gasteiger partial charge in [-0.25, -0.2) is 0 Å². The Hall–Kier alpha value is -1.06. The predicted octanol–water partition coefficient (Wildman–Crippen LogP) is 1.61. The smallest absolute Gasteiger partial charge is 0.156 e. The lowest BCUT2D eigenvalue weighted by molar-refractivity contribution is 0.182. The van der Waals surface area contributed by atoms with Crippen molar-refractivity contribution in [2.45, 2.75) is 0 Å². The van der Waals surface area contributed by atoms with Gasteiger partial charge < -0.3 is 5.32 Å². The first-order valence-corrected chi connectivity index (χ1v) is 5.96. The number of piperazine rings is 1. The fraction of sp³-hybridized carbons (Fsp3) is 0.538. The lowest BCUT2D eigenvalue weighted by Crippen LogP contribution is -2.57. The first-order valence-electron chi connectivity index (χ1n) is 5.96. The van der Waals surface area contributed by atoms with Gasteiger partial charge in [0.25, 0.3) is 0 Å². The minimum absolute atomic E-state index is 1.04. The van der Waals surface area contributed by atoms with Crippen LogP contribution in [0.5, 0.6) is 0 Å². The number of benzene rings is 1. The van der Waals surface area contributed by atoms with Crippen molar-refractivity contribution in [1.82, 2.24) is 9.38 Å².